The Morgan fingerprint density at radius 2 is 1.86 bits per heavy atom. The fourth-order valence-corrected chi connectivity index (χ4v) is 1.54. The lowest BCUT2D eigenvalue weighted by Crippen LogP contribution is -2.47. The monoisotopic (exact) mass is 203 g/mol. The molecule has 0 atom stereocenters. The summed E-state index contributed by atoms with van der Waals surface area (Å²) in [6, 6.07) is 0. The van der Waals surface area contributed by atoms with Gasteiger partial charge in [-0.2, -0.15) is 0 Å². The SMILES string of the molecule is CCN1CC(F)C1.CN1CCNCC1. The highest BCUT2D eigenvalue weighted by atomic mass is 19.1. The first-order valence-corrected chi connectivity index (χ1v) is 5.48. The number of hydrogen-bond acceptors (Lipinski definition) is 3. The average molecular weight is 203 g/mol. The van der Waals surface area contributed by atoms with Crippen molar-refractivity contribution in [2.24, 2.45) is 0 Å². The van der Waals surface area contributed by atoms with Gasteiger partial charge in [0.1, 0.15) is 6.17 Å². The Kier molecular flexibility index (Phi) is 5.37. The number of nitrogens with one attached hydrogen (secondary N) is 1. The lowest BCUT2D eigenvalue weighted by atomic mass is 10.2. The van der Waals surface area contributed by atoms with E-state index in [0.717, 1.165) is 19.6 Å². The molecule has 84 valence electrons. The molecule has 2 heterocycles. The minimum absolute atomic E-state index is 0.528. The van der Waals surface area contributed by atoms with Crippen molar-refractivity contribution in [3.63, 3.8) is 0 Å². The van der Waals surface area contributed by atoms with Gasteiger partial charge in [0.2, 0.25) is 0 Å². The molecule has 0 aromatic heterocycles. The van der Waals surface area contributed by atoms with Gasteiger partial charge >= 0.3 is 0 Å². The lowest BCUT2D eigenvalue weighted by Gasteiger charge is -2.32. The Balaban J connectivity index is 0.000000140. The fraction of sp³-hybridized carbons (Fsp3) is 1.00. The van der Waals surface area contributed by atoms with Crippen molar-refractivity contribution in [3.8, 4) is 0 Å². The van der Waals surface area contributed by atoms with Crippen molar-refractivity contribution in [2.75, 3.05) is 52.9 Å². The van der Waals surface area contributed by atoms with Crippen LogP contribution in [0.1, 0.15) is 6.92 Å². The zero-order chi connectivity index (χ0) is 10.4. The smallest absolute Gasteiger partial charge is 0.125 e. The van der Waals surface area contributed by atoms with E-state index in [4.69, 9.17) is 0 Å². The minimum atomic E-state index is -0.528. The summed E-state index contributed by atoms with van der Waals surface area (Å²) in [5.41, 5.74) is 0. The van der Waals surface area contributed by atoms with Gasteiger partial charge in [-0.15, -0.1) is 0 Å². The van der Waals surface area contributed by atoms with Crippen molar-refractivity contribution >= 4 is 0 Å². The number of likely N-dealkylation sites (tertiary alicyclic amines) is 1. The topological polar surface area (TPSA) is 18.5 Å². The number of piperazine rings is 1. The molecule has 0 saturated carbocycles. The molecule has 0 aromatic carbocycles. The molecule has 3 nitrogen and oxygen atoms in total. The second-order valence-corrected chi connectivity index (χ2v) is 4.00. The summed E-state index contributed by atoms with van der Waals surface area (Å²) >= 11 is 0. The van der Waals surface area contributed by atoms with Crippen LogP contribution in [0.3, 0.4) is 0 Å². The summed E-state index contributed by atoms with van der Waals surface area (Å²) in [5, 5.41) is 3.27. The van der Waals surface area contributed by atoms with E-state index in [0.29, 0.717) is 13.1 Å². The van der Waals surface area contributed by atoms with Crippen LogP contribution in [0.5, 0.6) is 0 Å². The van der Waals surface area contributed by atoms with Crippen LogP contribution in [0.4, 0.5) is 4.39 Å². The van der Waals surface area contributed by atoms with Gasteiger partial charge in [0, 0.05) is 39.3 Å². The van der Waals surface area contributed by atoms with E-state index in [1.165, 1.54) is 13.1 Å². The van der Waals surface area contributed by atoms with Crippen molar-refractivity contribution in [2.45, 2.75) is 13.1 Å². The molecule has 14 heavy (non-hydrogen) atoms. The van der Waals surface area contributed by atoms with Gasteiger partial charge in [-0.05, 0) is 13.6 Å². The Bertz CT molecular complexity index is 140. The summed E-state index contributed by atoms with van der Waals surface area (Å²) in [6.45, 7) is 9.12. The van der Waals surface area contributed by atoms with Crippen LogP contribution in [0.25, 0.3) is 0 Å². The molecular weight excluding hydrogens is 181 g/mol. The van der Waals surface area contributed by atoms with Crippen LogP contribution in [0, 0.1) is 0 Å². The van der Waals surface area contributed by atoms with Gasteiger partial charge in [-0.1, -0.05) is 6.92 Å². The number of halogens is 1. The normalized spacial score (nSPS) is 25.1. The van der Waals surface area contributed by atoms with E-state index in [1.54, 1.807) is 0 Å². The molecule has 0 radical (unpaired) electrons. The molecule has 2 saturated heterocycles. The van der Waals surface area contributed by atoms with E-state index in [2.05, 4.69) is 22.2 Å². The van der Waals surface area contributed by atoms with Gasteiger partial charge in [-0.3, -0.25) is 4.90 Å². The van der Waals surface area contributed by atoms with Gasteiger partial charge in [-0.25, -0.2) is 4.39 Å². The van der Waals surface area contributed by atoms with Crippen molar-refractivity contribution in [1.29, 1.82) is 0 Å². The van der Waals surface area contributed by atoms with Crippen LogP contribution in [0.2, 0.25) is 0 Å². The van der Waals surface area contributed by atoms with Crippen LogP contribution in [0.15, 0.2) is 0 Å². The van der Waals surface area contributed by atoms with Gasteiger partial charge in [0.25, 0.3) is 0 Å². The average Bonchev–Trinajstić information content (AvgIpc) is 2.15. The summed E-state index contributed by atoms with van der Waals surface area (Å²) in [6.07, 6.45) is -0.528. The highest BCUT2D eigenvalue weighted by Gasteiger charge is 2.23. The van der Waals surface area contributed by atoms with E-state index in [1.807, 2.05) is 6.92 Å². The maximum absolute atomic E-state index is 11.9. The number of likely N-dealkylation sites (N-methyl/N-ethyl adjacent to an activating group) is 1. The summed E-state index contributed by atoms with van der Waals surface area (Å²) in [7, 11) is 2.15. The minimum Gasteiger partial charge on any atom is -0.314 e. The van der Waals surface area contributed by atoms with Gasteiger partial charge in [0.15, 0.2) is 0 Å². The standard InChI is InChI=1S/C5H10FN.C5H12N2/c1-2-7-3-5(6)4-7;1-7-4-2-6-3-5-7/h5H,2-4H2,1H3;6H,2-5H2,1H3. The molecule has 2 fully saturated rings. The first kappa shape index (κ1) is 11.9. The molecule has 0 unspecified atom stereocenters. The van der Waals surface area contributed by atoms with Crippen LogP contribution < -0.4 is 5.32 Å². The first-order chi connectivity index (χ1) is 6.72. The Labute approximate surface area is 86.3 Å². The predicted molar refractivity (Wildman–Crippen MR) is 57.4 cm³/mol. The number of rotatable bonds is 1. The number of alkyl halides is 1. The maximum Gasteiger partial charge on any atom is 0.125 e. The zero-order valence-electron chi connectivity index (χ0n) is 9.30. The molecule has 2 aliphatic heterocycles. The summed E-state index contributed by atoms with van der Waals surface area (Å²) in [4.78, 5) is 4.40. The Morgan fingerprint density at radius 1 is 1.29 bits per heavy atom. The van der Waals surface area contributed by atoms with E-state index >= 15 is 0 Å². The molecule has 2 rings (SSSR count). The molecule has 0 aromatic rings. The Morgan fingerprint density at radius 3 is 2.07 bits per heavy atom. The van der Waals surface area contributed by atoms with E-state index in [-0.39, 0.29) is 0 Å². The van der Waals surface area contributed by atoms with Gasteiger partial charge < -0.3 is 10.2 Å². The number of nitrogens with zero attached hydrogens (tertiary/aromatic N) is 2. The highest BCUT2D eigenvalue weighted by Crippen LogP contribution is 2.08. The molecule has 2 aliphatic rings. The first-order valence-electron chi connectivity index (χ1n) is 5.48. The third-order valence-electron chi connectivity index (χ3n) is 2.70. The Hall–Kier alpha value is -0.190. The molecular formula is C10H22FN3. The second-order valence-electron chi connectivity index (χ2n) is 4.00. The molecule has 1 N–H and O–H groups in total. The van der Waals surface area contributed by atoms with E-state index < -0.39 is 6.17 Å². The zero-order valence-corrected chi connectivity index (χ0v) is 9.30. The lowest BCUT2D eigenvalue weighted by molar-refractivity contribution is 0.0712. The van der Waals surface area contributed by atoms with Crippen LogP contribution in [-0.2, 0) is 0 Å². The third kappa shape index (κ3) is 4.35. The molecule has 4 heteroatoms. The summed E-state index contributed by atoms with van der Waals surface area (Å²) < 4.78 is 11.9. The maximum atomic E-state index is 11.9. The van der Waals surface area contributed by atoms with Gasteiger partial charge in [0.05, 0.1) is 0 Å². The second kappa shape index (κ2) is 6.32. The quantitative estimate of drug-likeness (QED) is 0.656. The predicted octanol–water partition coefficient (Wildman–Crippen LogP) is 0.181. The largest absolute Gasteiger partial charge is 0.314 e. The number of hydrogen-bond donors (Lipinski definition) is 1. The highest BCUT2D eigenvalue weighted by molar-refractivity contribution is 4.77. The van der Waals surface area contributed by atoms with Crippen molar-refractivity contribution in [3.05, 3.63) is 0 Å². The van der Waals surface area contributed by atoms with Crippen LogP contribution in [-0.4, -0.2) is 68.8 Å². The summed E-state index contributed by atoms with van der Waals surface area (Å²) in [5.74, 6) is 0. The molecule has 0 spiro atoms. The van der Waals surface area contributed by atoms with Crippen molar-refractivity contribution in [1.82, 2.24) is 15.1 Å². The molecule has 0 amide bonds. The fourth-order valence-electron chi connectivity index (χ4n) is 1.54. The third-order valence-corrected chi connectivity index (χ3v) is 2.70. The molecule has 0 bridgehead atoms. The van der Waals surface area contributed by atoms with E-state index in [9.17, 15) is 4.39 Å². The van der Waals surface area contributed by atoms with Crippen LogP contribution >= 0.6 is 0 Å². The molecule has 0 aliphatic carbocycles. The van der Waals surface area contributed by atoms with Crippen molar-refractivity contribution < 1.29 is 4.39 Å².